The van der Waals surface area contributed by atoms with Crippen LogP contribution in [0.5, 0.6) is 0 Å². The molecule has 0 saturated carbocycles. The van der Waals surface area contributed by atoms with Gasteiger partial charge in [-0.05, 0) is 11.6 Å². The summed E-state index contributed by atoms with van der Waals surface area (Å²) in [5.74, 6) is 0. The Hall–Kier alpha value is -0.900. The summed E-state index contributed by atoms with van der Waals surface area (Å²) in [5, 5.41) is 8.57. The zero-order chi connectivity index (χ0) is 6.57. The molecule has 44 valence electrons. The van der Waals surface area contributed by atoms with Crippen molar-refractivity contribution in [2.75, 3.05) is 0 Å². The predicted molar refractivity (Wildman–Crippen MR) is 27.0 cm³/mol. The van der Waals surface area contributed by atoms with Gasteiger partial charge in [-0.25, -0.2) is 0 Å². The highest BCUT2D eigenvalue weighted by Gasteiger charge is 1.88. The first kappa shape index (κ1) is 7.10. The zero-order valence-corrected chi connectivity index (χ0v) is 4.46. The summed E-state index contributed by atoms with van der Waals surface area (Å²) < 4.78 is 0. The lowest BCUT2D eigenvalue weighted by Gasteiger charge is -1.72. The zero-order valence-electron chi connectivity index (χ0n) is 3.70. The fraction of sp³-hybridized carbons (Fsp3) is 0. The van der Waals surface area contributed by atoms with Gasteiger partial charge >= 0.3 is 0 Å². The van der Waals surface area contributed by atoms with Crippen LogP contribution in [0.1, 0.15) is 0 Å². The topological polar surface area (TPSA) is 60.2 Å². The molecule has 0 rings (SSSR count). The van der Waals surface area contributed by atoms with E-state index in [1.807, 2.05) is 0 Å². The van der Waals surface area contributed by atoms with Crippen molar-refractivity contribution in [1.82, 2.24) is 0 Å². The molecule has 0 aromatic heterocycles. The van der Waals surface area contributed by atoms with Crippen LogP contribution >= 0.6 is 11.6 Å². The van der Waals surface area contributed by atoms with Crippen LogP contribution in [0.3, 0.4) is 0 Å². The van der Waals surface area contributed by atoms with Gasteiger partial charge in [0.25, 0.3) is 5.24 Å². The summed E-state index contributed by atoms with van der Waals surface area (Å²) in [6.07, 6.45) is 1.15. The van der Waals surface area contributed by atoms with E-state index < -0.39 is 10.2 Å². The quantitative estimate of drug-likeness (QED) is 0.240. The van der Waals surface area contributed by atoms with Gasteiger partial charge in [0.05, 0.1) is 11.0 Å². The fourth-order valence-electron chi connectivity index (χ4n) is 0.119. The first-order valence-corrected chi connectivity index (χ1v) is 2.02. The summed E-state index contributed by atoms with van der Waals surface area (Å²) in [7, 11) is 0. The number of rotatable bonds is 2. The third kappa shape index (κ3) is 5.10. The molecule has 8 heavy (non-hydrogen) atoms. The van der Waals surface area contributed by atoms with E-state index in [1.165, 1.54) is 0 Å². The number of nitrogens with zero attached hydrogens (tertiary/aromatic N) is 1. The van der Waals surface area contributed by atoms with Crippen LogP contribution in [0, 0.1) is 10.1 Å². The number of carbonyl (C=O) groups excluding carboxylic acids is 1. The highest BCUT2D eigenvalue weighted by Crippen LogP contribution is 1.81. The monoisotopic (exact) mass is 135 g/mol. The molecule has 0 spiro atoms. The Morgan fingerprint density at radius 1 is 1.75 bits per heavy atom. The Labute approximate surface area is 49.9 Å². The van der Waals surface area contributed by atoms with Crippen LogP contribution in [0.4, 0.5) is 0 Å². The number of hydrogen-bond donors (Lipinski definition) is 0. The average Bonchev–Trinajstić information content (AvgIpc) is 1.61. The van der Waals surface area contributed by atoms with E-state index in [9.17, 15) is 14.9 Å². The van der Waals surface area contributed by atoms with Crippen molar-refractivity contribution in [1.29, 1.82) is 0 Å². The molecule has 0 fully saturated rings. The van der Waals surface area contributed by atoms with E-state index in [1.54, 1.807) is 0 Å². The normalized spacial score (nSPS) is 9.62. The van der Waals surface area contributed by atoms with Crippen molar-refractivity contribution in [2.45, 2.75) is 0 Å². The summed E-state index contributed by atoms with van der Waals surface area (Å²) in [4.78, 5) is 18.4. The maximum Gasteiger partial charge on any atom is 0.251 e. The van der Waals surface area contributed by atoms with Gasteiger partial charge in [0.15, 0.2) is 0 Å². The Balaban J connectivity index is 3.67. The van der Waals surface area contributed by atoms with Crippen LogP contribution in [-0.2, 0) is 4.79 Å². The van der Waals surface area contributed by atoms with Gasteiger partial charge in [-0.2, -0.15) is 0 Å². The molecule has 5 heteroatoms. The van der Waals surface area contributed by atoms with E-state index in [0.29, 0.717) is 12.3 Å². The largest absolute Gasteiger partial charge is 0.276 e. The van der Waals surface area contributed by atoms with Crippen LogP contribution in [-0.4, -0.2) is 10.2 Å². The molecule has 0 saturated heterocycles. The summed E-state index contributed by atoms with van der Waals surface area (Å²) >= 11 is 4.69. The molecule has 0 unspecified atom stereocenters. The van der Waals surface area contributed by atoms with E-state index in [0.717, 1.165) is 0 Å². The van der Waals surface area contributed by atoms with Gasteiger partial charge in [-0.3, -0.25) is 14.9 Å². The first-order chi connectivity index (χ1) is 3.63. The molecule has 0 aromatic carbocycles. The molecule has 0 amide bonds. The Kier molecular flexibility index (Phi) is 2.79. The molecule has 0 aliphatic rings. The molecule has 0 aromatic rings. The van der Waals surface area contributed by atoms with E-state index in [2.05, 4.69) is 0 Å². The van der Waals surface area contributed by atoms with Gasteiger partial charge in [0.1, 0.15) is 0 Å². The molecule has 4 nitrogen and oxygen atoms in total. The van der Waals surface area contributed by atoms with Crippen molar-refractivity contribution in [3.8, 4) is 0 Å². The second-order valence-electron chi connectivity index (χ2n) is 0.905. The Morgan fingerprint density at radius 3 is 2.38 bits per heavy atom. The number of carbonyl (C=O) groups is 1. The van der Waals surface area contributed by atoms with E-state index in [4.69, 9.17) is 11.6 Å². The van der Waals surface area contributed by atoms with Crippen LogP contribution in [0.15, 0.2) is 12.3 Å². The average molecular weight is 136 g/mol. The minimum Gasteiger partial charge on any atom is -0.276 e. The molecule has 0 radical (unpaired) electrons. The third-order valence-corrected chi connectivity index (χ3v) is 0.453. The van der Waals surface area contributed by atoms with Gasteiger partial charge in [0.2, 0.25) is 6.20 Å². The van der Waals surface area contributed by atoms with E-state index >= 15 is 0 Å². The number of nitro groups is 1. The lowest BCUT2D eigenvalue weighted by atomic mass is 10.7. The van der Waals surface area contributed by atoms with Crippen LogP contribution in [0.2, 0.25) is 0 Å². The summed E-state index contributed by atoms with van der Waals surface area (Å²) in [5.41, 5.74) is 0. The molecule has 0 atom stereocenters. The Bertz CT molecular complexity index is 125. The van der Waals surface area contributed by atoms with E-state index in [-0.39, 0.29) is 0 Å². The maximum atomic E-state index is 9.72. The minimum absolute atomic E-state index is 0.481. The van der Waals surface area contributed by atoms with Crippen molar-refractivity contribution in [3.05, 3.63) is 22.4 Å². The van der Waals surface area contributed by atoms with Gasteiger partial charge in [-0.1, -0.05) is 0 Å². The van der Waals surface area contributed by atoms with Crippen molar-refractivity contribution >= 4 is 16.8 Å². The molecular formula is C3H2ClNO3. The highest BCUT2D eigenvalue weighted by atomic mass is 35.5. The number of allylic oxidation sites excluding steroid dienone is 1. The minimum atomic E-state index is -0.846. The maximum absolute atomic E-state index is 9.72. The van der Waals surface area contributed by atoms with Gasteiger partial charge in [-0.15, -0.1) is 0 Å². The molecule has 0 aliphatic heterocycles. The predicted octanol–water partition coefficient (Wildman–Crippen LogP) is 0.542. The van der Waals surface area contributed by atoms with Crippen molar-refractivity contribution in [2.24, 2.45) is 0 Å². The summed E-state index contributed by atoms with van der Waals surface area (Å²) in [6, 6.07) is 0. The number of halogens is 1. The van der Waals surface area contributed by atoms with Crippen LogP contribution < -0.4 is 0 Å². The van der Waals surface area contributed by atoms with Crippen LogP contribution in [0.25, 0.3) is 0 Å². The van der Waals surface area contributed by atoms with Gasteiger partial charge < -0.3 is 0 Å². The van der Waals surface area contributed by atoms with Crippen molar-refractivity contribution < 1.29 is 9.72 Å². The lowest BCUT2D eigenvalue weighted by molar-refractivity contribution is -0.402. The van der Waals surface area contributed by atoms with Gasteiger partial charge in [0, 0.05) is 0 Å². The molecular weight excluding hydrogens is 133 g/mol. The molecule has 0 heterocycles. The first-order valence-electron chi connectivity index (χ1n) is 1.64. The smallest absolute Gasteiger partial charge is 0.251 e. The standard InChI is InChI=1S/C3H2ClNO3/c4-3(6)1-2-5(7)8/h1-2H. The summed E-state index contributed by atoms with van der Waals surface area (Å²) in [6.45, 7) is 0. The number of hydrogen-bond acceptors (Lipinski definition) is 3. The molecule has 0 aliphatic carbocycles. The van der Waals surface area contributed by atoms with Crippen molar-refractivity contribution in [3.63, 3.8) is 0 Å². The molecule has 0 N–H and O–H groups in total. The third-order valence-electron chi connectivity index (χ3n) is 0.327. The SMILES string of the molecule is O=C(Cl)C=C[N+](=O)[O-]. The second kappa shape index (κ2) is 3.15. The lowest BCUT2D eigenvalue weighted by Crippen LogP contribution is -1.84. The second-order valence-corrected chi connectivity index (χ2v) is 1.28. The fourth-order valence-corrected chi connectivity index (χ4v) is 0.176. The Morgan fingerprint density at radius 2 is 2.25 bits per heavy atom. The highest BCUT2D eigenvalue weighted by molar-refractivity contribution is 6.66. The molecule has 0 bridgehead atoms.